The Hall–Kier alpha value is -1.46. The number of ether oxygens (including phenoxy) is 3. The fraction of sp³-hybridized carbons (Fsp3) is 0.786. The average Bonchev–Trinajstić information content (AvgIpc) is 3.35. The Bertz CT molecular complexity index is 690. The Morgan fingerprint density at radius 2 is 2.09 bits per heavy atom. The molecule has 0 spiro atoms. The number of unbranched alkanes of at least 4 members (excludes halogenated alkanes) is 1. The van der Waals surface area contributed by atoms with Crippen molar-refractivity contribution in [2.24, 2.45) is 23.7 Å². The van der Waals surface area contributed by atoms with Crippen LogP contribution >= 0.6 is 0 Å². The van der Waals surface area contributed by atoms with Crippen LogP contribution in [-0.2, 0) is 23.8 Å². The van der Waals surface area contributed by atoms with Crippen LogP contribution in [0.15, 0.2) is 23.8 Å². The molecule has 1 saturated heterocycles. The molecule has 0 radical (unpaired) electrons. The molecule has 1 unspecified atom stereocenters. The van der Waals surface area contributed by atoms with Crippen LogP contribution in [0.3, 0.4) is 0 Å². The summed E-state index contributed by atoms with van der Waals surface area (Å²) in [6.45, 7) is 5.43. The van der Waals surface area contributed by atoms with Gasteiger partial charge in [0.05, 0.1) is 13.2 Å². The molecular weight excluding hydrogens is 416 g/mol. The predicted octanol–water partition coefficient (Wildman–Crippen LogP) is 6.17. The fourth-order valence-electron chi connectivity index (χ4n) is 5.84. The maximum absolute atomic E-state index is 11.7. The highest BCUT2D eigenvalue weighted by molar-refractivity contribution is 6.33. The number of methoxy groups -OCH3 is 1. The zero-order valence-corrected chi connectivity index (χ0v) is 20.9. The molecule has 33 heavy (non-hydrogen) atoms. The van der Waals surface area contributed by atoms with Crippen molar-refractivity contribution < 1.29 is 23.8 Å². The van der Waals surface area contributed by atoms with Gasteiger partial charge in [0.15, 0.2) is 6.29 Å². The van der Waals surface area contributed by atoms with Gasteiger partial charge in [-0.1, -0.05) is 56.9 Å². The minimum Gasteiger partial charge on any atom is -0.463 e. The molecule has 3 fully saturated rings. The van der Waals surface area contributed by atoms with E-state index in [4.69, 9.17) is 9.47 Å². The molecule has 5 heteroatoms. The number of ketones is 1. The number of esters is 1. The van der Waals surface area contributed by atoms with Crippen LogP contribution in [0, 0.1) is 23.7 Å². The molecule has 6 atom stereocenters. The first-order valence-corrected chi connectivity index (χ1v) is 13.2. The first kappa shape index (κ1) is 26.2. The lowest BCUT2D eigenvalue weighted by Crippen LogP contribution is -2.30. The SMILES string of the molecule is CCCC[C@H](C)CC=C[C@@H]1[C@H]2CC(=CCCC(=O)C(=O)OC)C[C@@H]2C[C@H]1OC1CCCCO1. The summed E-state index contributed by atoms with van der Waals surface area (Å²) in [5, 5.41) is 0. The van der Waals surface area contributed by atoms with Crippen LogP contribution in [0.1, 0.15) is 90.9 Å². The third kappa shape index (κ3) is 7.78. The van der Waals surface area contributed by atoms with E-state index in [9.17, 15) is 9.59 Å². The van der Waals surface area contributed by atoms with Crippen molar-refractivity contribution in [2.75, 3.05) is 13.7 Å². The van der Waals surface area contributed by atoms with Crippen molar-refractivity contribution >= 4 is 11.8 Å². The first-order valence-electron chi connectivity index (χ1n) is 13.2. The molecule has 3 aliphatic rings. The van der Waals surface area contributed by atoms with E-state index in [2.05, 4.69) is 36.8 Å². The van der Waals surface area contributed by atoms with E-state index in [-0.39, 0.29) is 18.8 Å². The summed E-state index contributed by atoms with van der Waals surface area (Å²) in [6, 6.07) is 0. The van der Waals surface area contributed by atoms with E-state index in [1.807, 2.05) is 0 Å². The number of hydrogen-bond acceptors (Lipinski definition) is 5. The smallest absolute Gasteiger partial charge is 0.374 e. The van der Waals surface area contributed by atoms with E-state index in [1.54, 1.807) is 0 Å². The van der Waals surface area contributed by atoms with Gasteiger partial charge in [0.25, 0.3) is 0 Å². The standard InChI is InChI=1S/C28H44O5/c1-4-5-10-20(2)11-8-13-23-24-18-21(12-9-14-25(29)28(30)31-3)17-22(24)19-26(23)33-27-15-6-7-16-32-27/h8,12-13,20,22-24,26-27H,4-7,9-11,14-19H2,1-3H3/t20-,22+,23+,24-,26+,27?/m0/s1. The quantitative estimate of drug-likeness (QED) is 0.198. The van der Waals surface area contributed by atoms with E-state index in [0.717, 1.165) is 51.0 Å². The fourth-order valence-corrected chi connectivity index (χ4v) is 5.84. The third-order valence-electron chi connectivity index (χ3n) is 7.72. The Morgan fingerprint density at radius 3 is 2.82 bits per heavy atom. The second-order valence-corrected chi connectivity index (χ2v) is 10.3. The van der Waals surface area contributed by atoms with Gasteiger partial charge in [-0.05, 0) is 69.1 Å². The third-order valence-corrected chi connectivity index (χ3v) is 7.72. The molecule has 0 bridgehead atoms. The van der Waals surface area contributed by atoms with Crippen LogP contribution in [-0.4, -0.2) is 37.9 Å². The van der Waals surface area contributed by atoms with E-state index < -0.39 is 11.8 Å². The van der Waals surface area contributed by atoms with Crippen molar-refractivity contribution in [3.8, 4) is 0 Å². The summed E-state index contributed by atoms with van der Waals surface area (Å²) in [6.07, 6.45) is 19.7. The zero-order valence-electron chi connectivity index (χ0n) is 20.9. The van der Waals surface area contributed by atoms with Crippen molar-refractivity contribution in [2.45, 2.75) is 103 Å². The number of fused-ring (bicyclic) bond motifs is 1. The first-order chi connectivity index (χ1) is 16.0. The topological polar surface area (TPSA) is 61.8 Å². The maximum atomic E-state index is 11.7. The second kappa shape index (κ2) is 13.4. The molecule has 3 rings (SSSR count). The van der Waals surface area contributed by atoms with E-state index >= 15 is 0 Å². The monoisotopic (exact) mass is 460 g/mol. The number of hydrogen-bond donors (Lipinski definition) is 0. The highest BCUT2D eigenvalue weighted by Crippen LogP contribution is 2.52. The molecular formula is C28H44O5. The molecule has 0 aromatic rings. The van der Waals surface area contributed by atoms with Crippen LogP contribution in [0.5, 0.6) is 0 Å². The lowest BCUT2D eigenvalue weighted by Gasteiger charge is -2.29. The summed E-state index contributed by atoms with van der Waals surface area (Å²) < 4.78 is 16.9. The van der Waals surface area contributed by atoms with Gasteiger partial charge in [-0.15, -0.1) is 0 Å². The minimum atomic E-state index is -0.736. The highest BCUT2D eigenvalue weighted by Gasteiger charge is 2.47. The molecule has 0 aromatic carbocycles. The van der Waals surface area contributed by atoms with E-state index in [0.29, 0.717) is 24.2 Å². The number of allylic oxidation sites excluding steroid dienone is 3. The summed E-state index contributed by atoms with van der Waals surface area (Å²) in [5.41, 5.74) is 1.43. The molecule has 5 nitrogen and oxygen atoms in total. The van der Waals surface area contributed by atoms with Gasteiger partial charge in [0.2, 0.25) is 5.78 Å². The largest absolute Gasteiger partial charge is 0.463 e. The van der Waals surface area contributed by atoms with Crippen LogP contribution in [0.4, 0.5) is 0 Å². The molecule has 2 aliphatic carbocycles. The van der Waals surface area contributed by atoms with Gasteiger partial charge in [-0.3, -0.25) is 4.79 Å². The summed E-state index contributed by atoms with van der Waals surface area (Å²) in [4.78, 5) is 23.0. The van der Waals surface area contributed by atoms with Gasteiger partial charge in [0.1, 0.15) is 0 Å². The van der Waals surface area contributed by atoms with Gasteiger partial charge in [0, 0.05) is 18.9 Å². The predicted molar refractivity (Wildman–Crippen MR) is 130 cm³/mol. The van der Waals surface area contributed by atoms with Crippen molar-refractivity contribution in [1.29, 1.82) is 0 Å². The van der Waals surface area contributed by atoms with Crippen LogP contribution in [0.25, 0.3) is 0 Å². The molecule has 0 aromatic heterocycles. The lowest BCUT2D eigenvalue weighted by molar-refractivity contribution is -0.193. The van der Waals surface area contributed by atoms with Gasteiger partial charge in [-0.2, -0.15) is 0 Å². The van der Waals surface area contributed by atoms with Gasteiger partial charge < -0.3 is 14.2 Å². The lowest BCUT2D eigenvalue weighted by atomic mass is 9.89. The zero-order chi connectivity index (χ0) is 23.6. The van der Waals surface area contributed by atoms with Crippen LogP contribution in [0.2, 0.25) is 0 Å². The van der Waals surface area contributed by atoms with Crippen molar-refractivity contribution in [1.82, 2.24) is 0 Å². The molecule has 1 heterocycles. The number of carbonyl (C=O) groups excluding carboxylic acids is 2. The van der Waals surface area contributed by atoms with Gasteiger partial charge in [-0.25, -0.2) is 4.79 Å². The average molecular weight is 461 g/mol. The molecule has 0 N–H and O–H groups in total. The van der Waals surface area contributed by atoms with Crippen molar-refractivity contribution in [3.05, 3.63) is 23.8 Å². The summed E-state index contributed by atoms with van der Waals surface area (Å²) in [5.74, 6) is 1.22. The van der Waals surface area contributed by atoms with Gasteiger partial charge >= 0.3 is 5.97 Å². The highest BCUT2D eigenvalue weighted by atomic mass is 16.7. The van der Waals surface area contributed by atoms with Crippen molar-refractivity contribution in [3.63, 3.8) is 0 Å². The normalized spacial score (nSPS) is 31.7. The number of rotatable bonds is 12. The summed E-state index contributed by atoms with van der Waals surface area (Å²) in [7, 11) is 1.26. The van der Waals surface area contributed by atoms with E-state index in [1.165, 1.54) is 38.4 Å². The Balaban J connectivity index is 1.59. The van der Waals surface area contributed by atoms with Crippen LogP contribution < -0.4 is 0 Å². The Morgan fingerprint density at radius 1 is 1.24 bits per heavy atom. The second-order valence-electron chi connectivity index (χ2n) is 10.3. The molecule has 0 amide bonds. The number of carbonyl (C=O) groups is 2. The summed E-state index contributed by atoms with van der Waals surface area (Å²) >= 11 is 0. The minimum absolute atomic E-state index is 0.0405. The maximum Gasteiger partial charge on any atom is 0.374 e. The number of Topliss-reactive ketones (excluding diaryl/α,β-unsaturated/α-hetero) is 1. The Labute approximate surface area is 200 Å². The molecule has 2 saturated carbocycles. The molecule has 186 valence electrons. The Kier molecular flexibility index (Phi) is 10.6. The molecule has 1 aliphatic heterocycles.